The third-order valence-corrected chi connectivity index (χ3v) is 6.83. The predicted octanol–water partition coefficient (Wildman–Crippen LogP) is 6.08. The van der Waals surface area contributed by atoms with Crippen LogP contribution in [-0.4, -0.2) is 41.0 Å². The largest absolute Gasteiger partial charge is 0.335 e. The highest BCUT2D eigenvalue weighted by Crippen LogP contribution is 2.35. The van der Waals surface area contributed by atoms with Gasteiger partial charge in [0.2, 0.25) is 5.91 Å². The lowest BCUT2D eigenvalue weighted by Crippen LogP contribution is -2.14. The van der Waals surface area contributed by atoms with Crippen molar-refractivity contribution in [2.24, 2.45) is 0 Å². The first-order valence-corrected chi connectivity index (χ1v) is 13.0. The van der Waals surface area contributed by atoms with E-state index in [-0.39, 0.29) is 34.9 Å². The number of halogens is 2. The van der Waals surface area contributed by atoms with Crippen molar-refractivity contribution in [3.63, 3.8) is 0 Å². The smallest absolute Gasteiger partial charge is 0.228 e. The summed E-state index contributed by atoms with van der Waals surface area (Å²) in [6, 6.07) is 17.3. The van der Waals surface area contributed by atoms with Gasteiger partial charge in [-0.15, -0.1) is 0 Å². The number of imidazole rings is 1. The molecule has 11 heteroatoms. The predicted molar refractivity (Wildman–Crippen MR) is 154 cm³/mol. The second-order valence-corrected chi connectivity index (χ2v) is 9.60. The van der Waals surface area contributed by atoms with Crippen molar-refractivity contribution in [2.45, 2.75) is 6.42 Å². The maximum Gasteiger partial charge on any atom is 0.228 e. The molecule has 1 amide bonds. The highest BCUT2D eigenvalue weighted by molar-refractivity contribution is 5.98. The normalized spacial score (nSPS) is 11.3. The van der Waals surface area contributed by atoms with Crippen molar-refractivity contribution in [1.29, 1.82) is 0 Å². The van der Waals surface area contributed by atoms with Gasteiger partial charge in [-0.05, 0) is 17.7 Å². The summed E-state index contributed by atoms with van der Waals surface area (Å²) in [5.74, 6) is -0.998. The number of aromatic nitrogens is 7. The van der Waals surface area contributed by atoms with Gasteiger partial charge >= 0.3 is 0 Å². The summed E-state index contributed by atoms with van der Waals surface area (Å²) in [6.45, 7) is 0. The van der Waals surface area contributed by atoms with Crippen molar-refractivity contribution >= 4 is 33.5 Å². The second-order valence-electron chi connectivity index (χ2n) is 9.60. The number of nitrogens with zero attached hydrogens (tertiary/aromatic N) is 5. The summed E-state index contributed by atoms with van der Waals surface area (Å²) in [6.07, 6.45) is 7.72. The average molecular weight is 559 g/mol. The van der Waals surface area contributed by atoms with Crippen LogP contribution < -0.4 is 5.32 Å². The van der Waals surface area contributed by atoms with E-state index in [4.69, 9.17) is 0 Å². The summed E-state index contributed by atoms with van der Waals surface area (Å²) < 4.78 is 30.7. The number of fused-ring (bicyclic) bond motifs is 2. The quantitative estimate of drug-likeness (QED) is 0.227. The second kappa shape index (κ2) is 10.3. The van der Waals surface area contributed by atoms with Gasteiger partial charge in [0.05, 0.1) is 47.1 Å². The van der Waals surface area contributed by atoms with E-state index >= 15 is 4.39 Å². The number of H-pyrrole nitrogens is 2. The molecule has 42 heavy (non-hydrogen) atoms. The Morgan fingerprint density at radius 2 is 1.64 bits per heavy atom. The first kappa shape index (κ1) is 25.1. The molecule has 3 N–H and O–H groups in total. The van der Waals surface area contributed by atoms with Gasteiger partial charge in [0.25, 0.3) is 0 Å². The van der Waals surface area contributed by atoms with E-state index in [0.717, 1.165) is 5.56 Å². The highest BCUT2D eigenvalue weighted by Gasteiger charge is 2.22. The Morgan fingerprint density at radius 1 is 0.833 bits per heavy atom. The molecular weight excluding hydrogens is 538 g/mol. The van der Waals surface area contributed by atoms with Crippen LogP contribution in [0.5, 0.6) is 0 Å². The molecule has 0 bridgehead atoms. The molecule has 7 aromatic rings. The molecule has 0 aliphatic carbocycles. The van der Waals surface area contributed by atoms with Gasteiger partial charge in [-0.25, -0.2) is 13.8 Å². The SMILES string of the molecule is O=C(Cc1ccccc1)Nc1cncc(-c2ncc3[nH]nc(-c4nc5c(-c6ccccc6F)cncc5[nH]4)c3c2F)c1. The van der Waals surface area contributed by atoms with E-state index in [1.54, 1.807) is 30.5 Å². The van der Waals surface area contributed by atoms with Gasteiger partial charge in [0.15, 0.2) is 11.6 Å². The molecule has 0 aliphatic rings. The van der Waals surface area contributed by atoms with E-state index in [1.807, 2.05) is 30.3 Å². The number of hydrogen-bond donors (Lipinski definition) is 3. The van der Waals surface area contributed by atoms with Crippen LogP contribution >= 0.6 is 0 Å². The van der Waals surface area contributed by atoms with E-state index in [2.05, 4.69) is 40.4 Å². The number of benzene rings is 2. The van der Waals surface area contributed by atoms with E-state index in [1.165, 1.54) is 30.9 Å². The van der Waals surface area contributed by atoms with Crippen molar-refractivity contribution in [3.8, 4) is 33.9 Å². The molecule has 0 saturated carbocycles. The van der Waals surface area contributed by atoms with Crippen LogP contribution in [0.3, 0.4) is 0 Å². The topological polar surface area (TPSA) is 125 Å². The zero-order valence-corrected chi connectivity index (χ0v) is 21.8. The molecule has 7 rings (SSSR count). The number of hydrogen-bond acceptors (Lipinski definition) is 6. The molecule has 0 spiro atoms. The third kappa shape index (κ3) is 4.52. The maximum absolute atomic E-state index is 16.1. The van der Waals surface area contributed by atoms with Crippen molar-refractivity contribution in [1.82, 2.24) is 35.1 Å². The molecule has 204 valence electrons. The maximum atomic E-state index is 16.1. The van der Waals surface area contributed by atoms with E-state index < -0.39 is 11.6 Å². The Labute approximate surface area is 236 Å². The van der Waals surface area contributed by atoms with Crippen LogP contribution in [0.15, 0.2) is 91.6 Å². The van der Waals surface area contributed by atoms with E-state index in [9.17, 15) is 9.18 Å². The lowest BCUT2D eigenvalue weighted by atomic mass is 10.1. The minimum absolute atomic E-state index is 0.0293. The summed E-state index contributed by atoms with van der Waals surface area (Å²) in [7, 11) is 0. The standard InChI is InChI=1S/C31H20F2N8O/c32-22-9-5-4-8-20(22)21-14-35-15-24-29(21)39-31(38-24)30-26-23(40-41-30)16-36-28(27(26)33)18-11-19(13-34-12-18)37-25(42)10-17-6-2-1-3-7-17/h1-9,11-16H,10H2,(H,37,42)(H,38,39)(H,40,41). The number of rotatable bonds is 6. The fourth-order valence-electron chi connectivity index (χ4n) is 4.89. The third-order valence-electron chi connectivity index (χ3n) is 6.83. The zero-order chi connectivity index (χ0) is 28.6. The van der Waals surface area contributed by atoms with Gasteiger partial charge in [0.1, 0.15) is 22.7 Å². The molecule has 9 nitrogen and oxygen atoms in total. The molecule has 0 fully saturated rings. The molecule has 0 aliphatic heterocycles. The van der Waals surface area contributed by atoms with Gasteiger partial charge in [-0.1, -0.05) is 48.5 Å². The summed E-state index contributed by atoms with van der Waals surface area (Å²) in [5.41, 5.74) is 4.12. The minimum atomic E-state index is -0.640. The molecular formula is C31H20F2N8O. The fraction of sp³-hybridized carbons (Fsp3) is 0.0323. The number of nitrogens with one attached hydrogen (secondary N) is 3. The number of aromatic amines is 2. The van der Waals surface area contributed by atoms with Crippen molar-refractivity contribution < 1.29 is 13.6 Å². The summed E-state index contributed by atoms with van der Waals surface area (Å²) in [5, 5.41) is 10.1. The molecule has 2 aromatic carbocycles. The number of amides is 1. The molecule has 5 aromatic heterocycles. The monoisotopic (exact) mass is 558 g/mol. The van der Waals surface area contributed by atoms with E-state index in [0.29, 0.717) is 38.9 Å². The Morgan fingerprint density at radius 3 is 2.50 bits per heavy atom. The minimum Gasteiger partial charge on any atom is -0.335 e. The summed E-state index contributed by atoms with van der Waals surface area (Å²) in [4.78, 5) is 33.1. The molecule has 0 radical (unpaired) electrons. The highest BCUT2D eigenvalue weighted by atomic mass is 19.1. The van der Waals surface area contributed by atoms with Crippen LogP contribution in [0.4, 0.5) is 14.5 Å². The number of carbonyl (C=O) groups is 1. The van der Waals surface area contributed by atoms with Crippen LogP contribution in [0, 0.1) is 11.6 Å². The van der Waals surface area contributed by atoms with Gasteiger partial charge in [0, 0.05) is 29.1 Å². The first-order valence-electron chi connectivity index (χ1n) is 13.0. The lowest BCUT2D eigenvalue weighted by molar-refractivity contribution is -0.115. The summed E-state index contributed by atoms with van der Waals surface area (Å²) >= 11 is 0. The zero-order valence-electron chi connectivity index (χ0n) is 21.8. The molecule has 0 saturated heterocycles. The Balaban J connectivity index is 1.25. The number of anilines is 1. The Hall–Kier alpha value is -5.84. The molecule has 0 atom stereocenters. The number of pyridine rings is 3. The van der Waals surface area contributed by atoms with Crippen molar-refractivity contribution in [3.05, 3.63) is 109 Å². The van der Waals surface area contributed by atoms with Crippen LogP contribution in [0.1, 0.15) is 5.56 Å². The van der Waals surface area contributed by atoms with Crippen LogP contribution in [0.2, 0.25) is 0 Å². The molecule has 5 heterocycles. The average Bonchev–Trinajstić information content (AvgIpc) is 3.63. The van der Waals surface area contributed by atoms with Crippen LogP contribution in [-0.2, 0) is 11.2 Å². The fourth-order valence-corrected chi connectivity index (χ4v) is 4.89. The first-order chi connectivity index (χ1) is 20.5. The number of carbonyl (C=O) groups excluding carboxylic acids is 1. The van der Waals surface area contributed by atoms with Gasteiger partial charge < -0.3 is 10.3 Å². The Kier molecular flexibility index (Phi) is 6.16. The van der Waals surface area contributed by atoms with Crippen LogP contribution in [0.25, 0.3) is 55.8 Å². The van der Waals surface area contributed by atoms with Gasteiger partial charge in [-0.2, -0.15) is 5.10 Å². The van der Waals surface area contributed by atoms with Gasteiger partial charge in [-0.3, -0.25) is 24.8 Å². The molecule has 0 unspecified atom stereocenters. The van der Waals surface area contributed by atoms with Crippen molar-refractivity contribution in [2.75, 3.05) is 5.32 Å². The lowest BCUT2D eigenvalue weighted by Gasteiger charge is -2.08. The Bertz CT molecular complexity index is 2110.